The smallest absolute Gasteiger partial charge is 0.246 e. The van der Waals surface area contributed by atoms with Crippen molar-refractivity contribution in [3.8, 4) is 0 Å². The van der Waals surface area contributed by atoms with Crippen LogP contribution in [0.25, 0.3) is 0 Å². The average Bonchev–Trinajstić information content (AvgIpc) is 2.20. The number of amides is 1. The standard InChI is InChI=1S/C12H21NO3/c1-9(2)10(3)11(15)13-6-12(4-5-14)7-16-8-12/h14H,4-8H2,1-3H3,(H,13,15). The lowest BCUT2D eigenvalue weighted by Gasteiger charge is -2.41. The van der Waals surface area contributed by atoms with E-state index in [4.69, 9.17) is 9.84 Å². The highest BCUT2D eigenvalue weighted by Gasteiger charge is 2.38. The van der Waals surface area contributed by atoms with Gasteiger partial charge in [0.05, 0.1) is 13.2 Å². The Hall–Kier alpha value is -0.870. The zero-order valence-electron chi connectivity index (χ0n) is 10.3. The molecule has 92 valence electrons. The van der Waals surface area contributed by atoms with E-state index in [1.54, 1.807) is 0 Å². The summed E-state index contributed by atoms with van der Waals surface area (Å²) in [5.41, 5.74) is 1.74. The van der Waals surface area contributed by atoms with Gasteiger partial charge in [0, 0.05) is 24.1 Å². The topological polar surface area (TPSA) is 58.6 Å². The van der Waals surface area contributed by atoms with Gasteiger partial charge >= 0.3 is 0 Å². The van der Waals surface area contributed by atoms with Gasteiger partial charge < -0.3 is 15.2 Å². The first-order valence-electron chi connectivity index (χ1n) is 5.62. The lowest BCUT2D eigenvalue weighted by Crippen LogP contribution is -2.51. The Balaban J connectivity index is 2.45. The third-order valence-corrected chi connectivity index (χ3v) is 3.17. The third kappa shape index (κ3) is 3.06. The van der Waals surface area contributed by atoms with E-state index in [0.29, 0.717) is 26.2 Å². The molecule has 1 heterocycles. The van der Waals surface area contributed by atoms with Gasteiger partial charge in [-0.05, 0) is 27.2 Å². The molecule has 1 amide bonds. The minimum Gasteiger partial charge on any atom is -0.396 e. The molecule has 4 nitrogen and oxygen atoms in total. The molecule has 1 rings (SSSR count). The number of carbonyl (C=O) groups excluding carboxylic acids is 1. The normalized spacial score (nSPS) is 17.5. The van der Waals surface area contributed by atoms with Gasteiger partial charge in [-0.15, -0.1) is 0 Å². The summed E-state index contributed by atoms with van der Waals surface area (Å²) in [6.07, 6.45) is 0.682. The number of hydrogen-bond acceptors (Lipinski definition) is 3. The Bertz CT molecular complexity index is 289. The predicted molar refractivity (Wildman–Crippen MR) is 62.0 cm³/mol. The van der Waals surface area contributed by atoms with Crippen molar-refractivity contribution in [3.63, 3.8) is 0 Å². The number of aliphatic hydroxyl groups excluding tert-OH is 1. The molecule has 4 heteroatoms. The van der Waals surface area contributed by atoms with Crippen LogP contribution >= 0.6 is 0 Å². The maximum Gasteiger partial charge on any atom is 0.246 e. The van der Waals surface area contributed by atoms with E-state index < -0.39 is 0 Å². The first-order valence-corrected chi connectivity index (χ1v) is 5.62. The summed E-state index contributed by atoms with van der Waals surface area (Å²) in [6.45, 7) is 7.64. The van der Waals surface area contributed by atoms with Crippen LogP contribution in [0.1, 0.15) is 27.2 Å². The highest BCUT2D eigenvalue weighted by Crippen LogP contribution is 2.30. The lowest BCUT2D eigenvalue weighted by molar-refractivity contribution is -0.130. The molecule has 1 fully saturated rings. The van der Waals surface area contributed by atoms with Crippen molar-refractivity contribution in [1.82, 2.24) is 5.32 Å². The van der Waals surface area contributed by atoms with Crippen molar-refractivity contribution >= 4 is 5.91 Å². The molecule has 1 saturated heterocycles. The highest BCUT2D eigenvalue weighted by molar-refractivity contribution is 5.93. The number of aliphatic hydroxyl groups is 1. The molecular formula is C12H21NO3. The van der Waals surface area contributed by atoms with Crippen molar-refractivity contribution < 1.29 is 14.6 Å². The van der Waals surface area contributed by atoms with Gasteiger partial charge in [0.25, 0.3) is 0 Å². The molecule has 2 N–H and O–H groups in total. The zero-order chi connectivity index (χ0) is 12.2. The number of allylic oxidation sites excluding steroid dienone is 1. The van der Waals surface area contributed by atoms with Gasteiger partial charge in [0.2, 0.25) is 5.91 Å². The first-order chi connectivity index (χ1) is 7.51. The predicted octanol–water partition coefficient (Wildman–Crippen LogP) is 0.858. The summed E-state index contributed by atoms with van der Waals surface area (Å²) in [7, 11) is 0. The van der Waals surface area contributed by atoms with E-state index in [2.05, 4.69) is 5.32 Å². The molecule has 0 bridgehead atoms. The van der Waals surface area contributed by atoms with Crippen molar-refractivity contribution in [3.05, 3.63) is 11.1 Å². The largest absolute Gasteiger partial charge is 0.396 e. The molecule has 0 unspecified atom stereocenters. The average molecular weight is 227 g/mol. The summed E-state index contributed by atoms with van der Waals surface area (Å²) in [6, 6.07) is 0. The number of nitrogens with one attached hydrogen (secondary N) is 1. The van der Waals surface area contributed by atoms with E-state index in [-0.39, 0.29) is 17.9 Å². The Morgan fingerprint density at radius 1 is 1.38 bits per heavy atom. The van der Waals surface area contributed by atoms with Gasteiger partial charge in [-0.1, -0.05) is 5.57 Å². The third-order valence-electron chi connectivity index (χ3n) is 3.17. The SMILES string of the molecule is CC(C)=C(C)C(=O)NCC1(CCO)COC1. The van der Waals surface area contributed by atoms with Crippen molar-refractivity contribution in [1.29, 1.82) is 0 Å². The Kier molecular flexibility index (Phi) is 4.50. The quantitative estimate of drug-likeness (QED) is 0.685. The second-order valence-electron chi connectivity index (χ2n) is 4.77. The minimum absolute atomic E-state index is 0.0239. The fraction of sp³-hybridized carbons (Fsp3) is 0.750. The Morgan fingerprint density at radius 2 is 2.00 bits per heavy atom. The van der Waals surface area contributed by atoms with Crippen LogP contribution in [0, 0.1) is 5.41 Å². The van der Waals surface area contributed by atoms with Crippen LogP contribution in [0.4, 0.5) is 0 Å². The van der Waals surface area contributed by atoms with Crippen LogP contribution in [0.15, 0.2) is 11.1 Å². The lowest BCUT2D eigenvalue weighted by atomic mass is 9.82. The van der Waals surface area contributed by atoms with Gasteiger partial charge in [0.1, 0.15) is 0 Å². The van der Waals surface area contributed by atoms with Crippen LogP contribution in [-0.2, 0) is 9.53 Å². The van der Waals surface area contributed by atoms with Gasteiger partial charge in [0.15, 0.2) is 0 Å². The van der Waals surface area contributed by atoms with E-state index in [1.165, 1.54) is 0 Å². The maximum absolute atomic E-state index is 11.7. The Labute approximate surface area is 96.7 Å². The molecule has 0 saturated carbocycles. The molecule has 1 aliphatic rings. The van der Waals surface area contributed by atoms with Gasteiger partial charge in [-0.25, -0.2) is 0 Å². The fourth-order valence-corrected chi connectivity index (χ4v) is 1.59. The van der Waals surface area contributed by atoms with E-state index in [0.717, 1.165) is 11.1 Å². The van der Waals surface area contributed by atoms with Crippen molar-refractivity contribution in [2.75, 3.05) is 26.4 Å². The minimum atomic E-state index is -0.0493. The van der Waals surface area contributed by atoms with Crippen LogP contribution in [0.3, 0.4) is 0 Å². The summed E-state index contributed by atoms with van der Waals surface area (Å²) in [5.74, 6) is -0.0239. The molecule has 0 aromatic rings. The van der Waals surface area contributed by atoms with Crippen LogP contribution in [0.5, 0.6) is 0 Å². The number of rotatable bonds is 5. The highest BCUT2D eigenvalue weighted by atomic mass is 16.5. The zero-order valence-corrected chi connectivity index (χ0v) is 10.3. The van der Waals surface area contributed by atoms with Crippen LogP contribution < -0.4 is 5.32 Å². The molecule has 0 spiro atoms. The number of hydrogen-bond donors (Lipinski definition) is 2. The van der Waals surface area contributed by atoms with E-state index >= 15 is 0 Å². The molecule has 0 aliphatic carbocycles. The summed E-state index contributed by atoms with van der Waals surface area (Å²) in [5, 5.41) is 11.9. The van der Waals surface area contributed by atoms with E-state index in [9.17, 15) is 4.79 Å². The molecule has 0 aromatic heterocycles. The molecule has 0 radical (unpaired) electrons. The van der Waals surface area contributed by atoms with Gasteiger partial charge in [-0.3, -0.25) is 4.79 Å². The second kappa shape index (κ2) is 5.46. The molecule has 0 aromatic carbocycles. The fourth-order valence-electron chi connectivity index (χ4n) is 1.59. The Morgan fingerprint density at radius 3 is 2.38 bits per heavy atom. The van der Waals surface area contributed by atoms with E-state index in [1.807, 2.05) is 20.8 Å². The first kappa shape index (κ1) is 13.2. The van der Waals surface area contributed by atoms with Gasteiger partial charge in [-0.2, -0.15) is 0 Å². The van der Waals surface area contributed by atoms with Crippen molar-refractivity contribution in [2.45, 2.75) is 27.2 Å². The molecule has 1 aliphatic heterocycles. The summed E-state index contributed by atoms with van der Waals surface area (Å²) >= 11 is 0. The second-order valence-corrected chi connectivity index (χ2v) is 4.77. The number of ether oxygens (including phenoxy) is 1. The van der Waals surface area contributed by atoms with Crippen molar-refractivity contribution in [2.24, 2.45) is 5.41 Å². The summed E-state index contributed by atoms with van der Waals surface area (Å²) < 4.78 is 5.16. The van der Waals surface area contributed by atoms with Crippen LogP contribution in [-0.4, -0.2) is 37.4 Å². The maximum atomic E-state index is 11.7. The monoisotopic (exact) mass is 227 g/mol. The molecular weight excluding hydrogens is 206 g/mol. The summed E-state index contributed by atoms with van der Waals surface area (Å²) in [4.78, 5) is 11.7. The van der Waals surface area contributed by atoms with Crippen LogP contribution in [0.2, 0.25) is 0 Å². The molecule has 0 atom stereocenters. The molecule has 16 heavy (non-hydrogen) atoms. The number of carbonyl (C=O) groups is 1.